The van der Waals surface area contributed by atoms with E-state index in [1.807, 2.05) is 30.3 Å². The van der Waals surface area contributed by atoms with E-state index in [4.69, 9.17) is 10.5 Å². The summed E-state index contributed by atoms with van der Waals surface area (Å²) in [6, 6.07) is 14.5. The standard InChI is InChI=1S/C13H13NO2/c14-11-7-6-10(13(15)8-11)9-16-12-4-2-1-3-5-12/h1-8,15H,9,14H2. The summed E-state index contributed by atoms with van der Waals surface area (Å²) in [7, 11) is 0. The van der Waals surface area contributed by atoms with Crippen LogP contribution < -0.4 is 10.5 Å². The van der Waals surface area contributed by atoms with E-state index in [1.54, 1.807) is 12.1 Å². The van der Waals surface area contributed by atoms with Gasteiger partial charge >= 0.3 is 0 Å². The first-order valence-electron chi connectivity index (χ1n) is 5.01. The highest BCUT2D eigenvalue weighted by molar-refractivity contribution is 5.47. The van der Waals surface area contributed by atoms with Crippen LogP contribution >= 0.6 is 0 Å². The van der Waals surface area contributed by atoms with Gasteiger partial charge in [-0.2, -0.15) is 0 Å². The quantitative estimate of drug-likeness (QED) is 0.773. The molecular formula is C13H13NO2. The van der Waals surface area contributed by atoms with E-state index in [0.29, 0.717) is 12.3 Å². The molecule has 0 aromatic heterocycles. The summed E-state index contributed by atoms with van der Waals surface area (Å²) in [6.07, 6.45) is 0. The normalized spacial score (nSPS) is 10.0. The van der Waals surface area contributed by atoms with Crippen molar-refractivity contribution in [1.82, 2.24) is 0 Å². The summed E-state index contributed by atoms with van der Waals surface area (Å²) >= 11 is 0. The molecule has 2 rings (SSSR count). The van der Waals surface area contributed by atoms with Crippen LogP contribution in [0.3, 0.4) is 0 Å². The monoisotopic (exact) mass is 215 g/mol. The van der Waals surface area contributed by atoms with Crippen molar-refractivity contribution >= 4 is 5.69 Å². The van der Waals surface area contributed by atoms with Crippen molar-refractivity contribution < 1.29 is 9.84 Å². The third kappa shape index (κ3) is 2.45. The highest BCUT2D eigenvalue weighted by Gasteiger charge is 2.02. The Morgan fingerprint density at radius 1 is 1.06 bits per heavy atom. The average Bonchev–Trinajstić information content (AvgIpc) is 2.29. The second-order valence-electron chi connectivity index (χ2n) is 3.49. The van der Waals surface area contributed by atoms with Crippen LogP contribution in [0.25, 0.3) is 0 Å². The fourth-order valence-electron chi connectivity index (χ4n) is 1.38. The third-order valence-electron chi connectivity index (χ3n) is 2.25. The lowest BCUT2D eigenvalue weighted by atomic mass is 10.2. The molecular weight excluding hydrogens is 202 g/mol. The number of nitrogen functional groups attached to an aromatic ring is 1. The highest BCUT2D eigenvalue weighted by Crippen LogP contribution is 2.21. The number of aromatic hydroxyl groups is 1. The van der Waals surface area contributed by atoms with E-state index in [2.05, 4.69) is 0 Å². The Bertz CT molecular complexity index is 469. The van der Waals surface area contributed by atoms with E-state index in [-0.39, 0.29) is 5.75 Å². The molecule has 0 aliphatic rings. The van der Waals surface area contributed by atoms with E-state index in [9.17, 15) is 5.11 Å². The Labute approximate surface area is 94.1 Å². The number of para-hydroxylation sites is 1. The van der Waals surface area contributed by atoms with Gasteiger partial charge in [0.05, 0.1) is 0 Å². The number of nitrogens with two attached hydrogens (primary N) is 1. The number of anilines is 1. The molecule has 3 N–H and O–H groups in total. The lowest BCUT2D eigenvalue weighted by molar-refractivity contribution is 0.299. The van der Waals surface area contributed by atoms with Gasteiger partial charge in [-0.15, -0.1) is 0 Å². The van der Waals surface area contributed by atoms with Crippen LogP contribution in [-0.2, 0) is 6.61 Å². The Hall–Kier alpha value is -2.16. The van der Waals surface area contributed by atoms with Crippen molar-refractivity contribution in [1.29, 1.82) is 0 Å². The molecule has 0 bridgehead atoms. The molecule has 0 atom stereocenters. The van der Waals surface area contributed by atoms with Gasteiger partial charge in [-0.3, -0.25) is 0 Å². The van der Waals surface area contributed by atoms with E-state index in [0.717, 1.165) is 11.3 Å². The summed E-state index contributed by atoms with van der Waals surface area (Å²) in [5, 5.41) is 9.61. The topological polar surface area (TPSA) is 55.5 Å². The molecule has 2 aromatic rings. The van der Waals surface area contributed by atoms with Gasteiger partial charge in [-0.05, 0) is 24.3 Å². The first-order valence-corrected chi connectivity index (χ1v) is 5.01. The first kappa shape index (κ1) is 10.4. The van der Waals surface area contributed by atoms with Gasteiger partial charge in [0.15, 0.2) is 0 Å². The number of phenols is 1. The SMILES string of the molecule is Nc1ccc(COc2ccccc2)c(O)c1. The number of hydrogen-bond acceptors (Lipinski definition) is 3. The summed E-state index contributed by atoms with van der Waals surface area (Å²) in [4.78, 5) is 0. The molecule has 16 heavy (non-hydrogen) atoms. The summed E-state index contributed by atoms with van der Waals surface area (Å²) in [6.45, 7) is 0.329. The van der Waals surface area contributed by atoms with Crippen molar-refractivity contribution in [3.8, 4) is 11.5 Å². The summed E-state index contributed by atoms with van der Waals surface area (Å²) < 4.78 is 5.51. The Morgan fingerprint density at radius 2 is 1.81 bits per heavy atom. The van der Waals surface area contributed by atoms with E-state index >= 15 is 0 Å². The van der Waals surface area contributed by atoms with Crippen molar-refractivity contribution in [2.75, 3.05) is 5.73 Å². The lowest BCUT2D eigenvalue weighted by Crippen LogP contribution is -1.96. The Balaban J connectivity index is 2.05. The molecule has 0 aliphatic heterocycles. The molecule has 0 heterocycles. The average molecular weight is 215 g/mol. The molecule has 0 spiro atoms. The van der Waals surface area contributed by atoms with Crippen molar-refractivity contribution in [2.45, 2.75) is 6.61 Å². The Morgan fingerprint density at radius 3 is 2.50 bits per heavy atom. The molecule has 2 aromatic carbocycles. The molecule has 3 nitrogen and oxygen atoms in total. The van der Waals surface area contributed by atoms with Gasteiger partial charge in [0.2, 0.25) is 0 Å². The van der Waals surface area contributed by atoms with Gasteiger partial charge in [-0.25, -0.2) is 0 Å². The predicted molar refractivity (Wildman–Crippen MR) is 63.3 cm³/mol. The van der Waals surface area contributed by atoms with Crippen LogP contribution in [0.5, 0.6) is 11.5 Å². The molecule has 0 saturated heterocycles. The molecule has 0 amide bonds. The zero-order chi connectivity index (χ0) is 11.4. The number of rotatable bonds is 3. The number of hydrogen-bond donors (Lipinski definition) is 2. The molecule has 3 heteroatoms. The highest BCUT2D eigenvalue weighted by atomic mass is 16.5. The van der Waals surface area contributed by atoms with E-state index < -0.39 is 0 Å². The Kier molecular flexibility index (Phi) is 2.96. The predicted octanol–water partition coefficient (Wildman–Crippen LogP) is 2.55. The maximum absolute atomic E-state index is 9.61. The maximum Gasteiger partial charge on any atom is 0.124 e. The van der Waals surface area contributed by atoms with Crippen molar-refractivity contribution in [3.05, 3.63) is 54.1 Å². The molecule has 0 saturated carbocycles. The summed E-state index contributed by atoms with van der Waals surface area (Å²) in [5.74, 6) is 0.939. The number of benzene rings is 2. The van der Waals surface area contributed by atoms with Crippen LogP contribution in [-0.4, -0.2) is 5.11 Å². The minimum absolute atomic E-state index is 0.163. The van der Waals surface area contributed by atoms with Gasteiger partial charge in [0, 0.05) is 17.3 Å². The minimum atomic E-state index is 0.163. The summed E-state index contributed by atoms with van der Waals surface area (Å²) in [5.41, 5.74) is 6.80. The second kappa shape index (κ2) is 4.57. The van der Waals surface area contributed by atoms with Crippen molar-refractivity contribution in [3.63, 3.8) is 0 Å². The lowest BCUT2D eigenvalue weighted by Gasteiger charge is -2.08. The van der Waals surface area contributed by atoms with Crippen LogP contribution in [0.15, 0.2) is 48.5 Å². The maximum atomic E-state index is 9.61. The zero-order valence-electron chi connectivity index (χ0n) is 8.76. The number of phenolic OH excluding ortho intramolecular Hbond substituents is 1. The molecule has 0 aliphatic carbocycles. The van der Waals surface area contributed by atoms with Crippen LogP contribution in [0.1, 0.15) is 5.56 Å². The molecule has 82 valence electrons. The van der Waals surface area contributed by atoms with E-state index in [1.165, 1.54) is 6.07 Å². The fourth-order valence-corrected chi connectivity index (χ4v) is 1.38. The van der Waals surface area contributed by atoms with Gasteiger partial charge in [-0.1, -0.05) is 18.2 Å². The first-order chi connectivity index (χ1) is 7.75. The van der Waals surface area contributed by atoms with Gasteiger partial charge in [0.1, 0.15) is 18.1 Å². The van der Waals surface area contributed by atoms with Crippen LogP contribution in [0, 0.1) is 0 Å². The molecule has 0 fully saturated rings. The van der Waals surface area contributed by atoms with Crippen LogP contribution in [0.4, 0.5) is 5.69 Å². The van der Waals surface area contributed by atoms with Crippen molar-refractivity contribution in [2.24, 2.45) is 0 Å². The molecule has 0 unspecified atom stereocenters. The molecule has 0 radical (unpaired) electrons. The fraction of sp³-hybridized carbons (Fsp3) is 0.0769. The minimum Gasteiger partial charge on any atom is -0.507 e. The second-order valence-corrected chi connectivity index (χ2v) is 3.49. The smallest absolute Gasteiger partial charge is 0.124 e. The van der Waals surface area contributed by atoms with Crippen LogP contribution in [0.2, 0.25) is 0 Å². The zero-order valence-corrected chi connectivity index (χ0v) is 8.76. The number of ether oxygens (including phenoxy) is 1. The van der Waals surface area contributed by atoms with Gasteiger partial charge < -0.3 is 15.6 Å². The van der Waals surface area contributed by atoms with Gasteiger partial charge in [0.25, 0.3) is 0 Å². The largest absolute Gasteiger partial charge is 0.507 e. The third-order valence-corrected chi connectivity index (χ3v) is 2.25.